The smallest absolute Gasteiger partial charge is 0.132 e. The highest BCUT2D eigenvalue weighted by Crippen LogP contribution is 2.47. The van der Waals surface area contributed by atoms with Crippen molar-refractivity contribution in [3.63, 3.8) is 0 Å². The fraction of sp³-hybridized carbons (Fsp3) is 0.733. The monoisotopic (exact) mass is 236 g/mol. The van der Waals surface area contributed by atoms with Crippen LogP contribution in [-0.2, 0) is 9.59 Å². The second-order valence-electron chi connectivity index (χ2n) is 5.68. The average molecular weight is 236 g/mol. The van der Waals surface area contributed by atoms with Crippen molar-refractivity contribution < 1.29 is 9.59 Å². The lowest BCUT2D eigenvalue weighted by atomic mass is 9.70. The topological polar surface area (TPSA) is 34.1 Å². The van der Waals surface area contributed by atoms with E-state index in [1.54, 1.807) is 0 Å². The molecule has 0 aliphatic heterocycles. The van der Waals surface area contributed by atoms with Crippen LogP contribution in [0.2, 0.25) is 0 Å². The first kappa shape index (κ1) is 14.1. The zero-order chi connectivity index (χ0) is 13.1. The number of allylic oxidation sites excluding steroid dienone is 2. The van der Waals surface area contributed by atoms with E-state index < -0.39 is 0 Å². The zero-order valence-electron chi connectivity index (χ0n) is 11.5. The van der Waals surface area contributed by atoms with Gasteiger partial charge in [0.1, 0.15) is 12.1 Å². The minimum atomic E-state index is 0.0224. The molecule has 2 heteroatoms. The van der Waals surface area contributed by atoms with Gasteiger partial charge >= 0.3 is 0 Å². The summed E-state index contributed by atoms with van der Waals surface area (Å²) in [4.78, 5) is 22.6. The molecule has 0 radical (unpaired) electrons. The van der Waals surface area contributed by atoms with E-state index in [4.69, 9.17) is 0 Å². The van der Waals surface area contributed by atoms with Gasteiger partial charge in [0.15, 0.2) is 0 Å². The van der Waals surface area contributed by atoms with Gasteiger partial charge in [-0.15, -0.1) is 0 Å². The van der Waals surface area contributed by atoms with Crippen LogP contribution in [-0.4, -0.2) is 12.1 Å². The Labute approximate surface area is 104 Å². The summed E-state index contributed by atoms with van der Waals surface area (Å²) in [6, 6.07) is 0. The molecule has 0 bridgehead atoms. The number of Topliss-reactive ketones (excluding diaryl/α,β-unsaturated/α-hetero) is 1. The van der Waals surface area contributed by atoms with Gasteiger partial charge in [-0.2, -0.15) is 0 Å². The molecule has 2 atom stereocenters. The van der Waals surface area contributed by atoms with E-state index >= 15 is 0 Å². The fourth-order valence-corrected chi connectivity index (χ4v) is 2.73. The molecule has 1 unspecified atom stereocenters. The highest BCUT2D eigenvalue weighted by Gasteiger charge is 2.39. The molecule has 0 saturated heterocycles. The van der Waals surface area contributed by atoms with E-state index in [2.05, 4.69) is 26.8 Å². The average Bonchev–Trinajstić information content (AvgIpc) is 2.56. The van der Waals surface area contributed by atoms with Crippen molar-refractivity contribution in [2.75, 3.05) is 0 Å². The molecule has 0 N–H and O–H groups in total. The fourth-order valence-electron chi connectivity index (χ4n) is 2.73. The predicted octanol–water partition coefficient (Wildman–Crippen LogP) is 3.55. The van der Waals surface area contributed by atoms with Crippen LogP contribution in [0.1, 0.15) is 53.4 Å². The minimum Gasteiger partial charge on any atom is -0.303 e. The Morgan fingerprint density at radius 1 is 1.59 bits per heavy atom. The van der Waals surface area contributed by atoms with Crippen LogP contribution in [0, 0.1) is 17.3 Å². The van der Waals surface area contributed by atoms with Crippen LogP contribution < -0.4 is 0 Å². The predicted molar refractivity (Wildman–Crippen MR) is 69.7 cm³/mol. The maximum absolute atomic E-state index is 11.3. The van der Waals surface area contributed by atoms with Gasteiger partial charge in [-0.25, -0.2) is 0 Å². The highest BCUT2D eigenvalue weighted by molar-refractivity contribution is 5.78. The third-order valence-corrected chi connectivity index (χ3v) is 4.46. The van der Waals surface area contributed by atoms with Crippen LogP contribution in [0.25, 0.3) is 0 Å². The van der Waals surface area contributed by atoms with Crippen LogP contribution in [0.4, 0.5) is 0 Å². The third-order valence-electron chi connectivity index (χ3n) is 4.46. The number of carbonyl (C=O) groups is 2. The van der Waals surface area contributed by atoms with Crippen molar-refractivity contribution in [1.29, 1.82) is 0 Å². The lowest BCUT2D eigenvalue weighted by Gasteiger charge is -2.33. The molecular formula is C15H24O2. The molecule has 2 nitrogen and oxygen atoms in total. The number of hydrogen-bond donors (Lipinski definition) is 0. The SMILES string of the molecule is CCC(=O)CC[C@H](C=O)C1CC=C(C)C1(C)C. The molecule has 0 aromatic carbocycles. The molecule has 17 heavy (non-hydrogen) atoms. The summed E-state index contributed by atoms with van der Waals surface area (Å²) >= 11 is 0. The van der Waals surface area contributed by atoms with E-state index in [9.17, 15) is 9.59 Å². The number of aldehydes is 1. The summed E-state index contributed by atoms with van der Waals surface area (Å²) in [5, 5.41) is 0. The van der Waals surface area contributed by atoms with Gasteiger partial charge in [0.2, 0.25) is 0 Å². The minimum absolute atomic E-state index is 0.0224. The van der Waals surface area contributed by atoms with Gasteiger partial charge in [0.25, 0.3) is 0 Å². The third kappa shape index (κ3) is 3.05. The Morgan fingerprint density at radius 3 is 2.65 bits per heavy atom. The van der Waals surface area contributed by atoms with Gasteiger partial charge in [0, 0.05) is 18.8 Å². The second-order valence-corrected chi connectivity index (χ2v) is 5.68. The number of carbonyl (C=O) groups excluding carboxylic acids is 2. The van der Waals surface area contributed by atoms with Crippen molar-refractivity contribution in [1.82, 2.24) is 0 Å². The summed E-state index contributed by atoms with van der Waals surface area (Å²) < 4.78 is 0. The maximum Gasteiger partial charge on any atom is 0.132 e. The molecule has 0 spiro atoms. The number of ketones is 1. The van der Waals surface area contributed by atoms with Gasteiger partial charge in [-0.05, 0) is 31.1 Å². The second kappa shape index (κ2) is 5.61. The van der Waals surface area contributed by atoms with E-state index in [0.717, 1.165) is 12.7 Å². The van der Waals surface area contributed by atoms with Crippen molar-refractivity contribution >= 4 is 12.1 Å². The van der Waals surface area contributed by atoms with Crippen LogP contribution in [0.15, 0.2) is 11.6 Å². The Morgan fingerprint density at radius 2 is 2.24 bits per heavy atom. The Balaban J connectivity index is 2.64. The number of hydrogen-bond acceptors (Lipinski definition) is 2. The Kier molecular flexibility index (Phi) is 4.67. The van der Waals surface area contributed by atoms with Crippen molar-refractivity contribution in [3.05, 3.63) is 11.6 Å². The van der Waals surface area contributed by atoms with E-state index in [0.29, 0.717) is 25.2 Å². The molecule has 0 fully saturated rings. The Hall–Kier alpha value is -0.920. The molecule has 0 amide bonds. The highest BCUT2D eigenvalue weighted by atomic mass is 16.1. The van der Waals surface area contributed by atoms with Crippen molar-refractivity contribution in [2.24, 2.45) is 17.3 Å². The largest absolute Gasteiger partial charge is 0.303 e. The first-order chi connectivity index (χ1) is 7.93. The summed E-state index contributed by atoms with van der Waals surface area (Å²) in [5.74, 6) is 0.649. The lowest BCUT2D eigenvalue weighted by Crippen LogP contribution is -2.29. The lowest BCUT2D eigenvalue weighted by molar-refractivity contribution is -0.119. The normalized spacial score (nSPS) is 24.2. The van der Waals surface area contributed by atoms with Gasteiger partial charge in [0.05, 0.1) is 0 Å². The Bertz CT molecular complexity index is 326. The van der Waals surface area contributed by atoms with Gasteiger partial charge in [-0.1, -0.05) is 32.4 Å². The van der Waals surface area contributed by atoms with Crippen LogP contribution in [0.3, 0.4) is 0 Å². The molecule has 0 heterocycles. The first-order valence-corrected chi connectivity index (χ1v) is 6.57. The molecule has 1 aliphatic rings. The molecule has 0 saturated carbocycles. The molecule has 0 aromatic heterocycles. The molecule has 96 valence electrons. The van der Waals surface area contributed by atoms with Crippen molar-refractivity contribution in [3.8, 4) is 0 Å². The van der Waals surface area contributed by atoms with Crippen LogP contribution in [0.5, 0.6) is 0 Å². The molecular weight excluding hydrogens is 212 g/mol. The van der Waals surface area contributed by atoms with E-state index in [-0.39, 0.29) is 17.1 Å². The number of rotatable bonds is 6. The standard InChI is InChI=1S/C15H24O2/c1-5-13(17)8-7-12(10-16)14-9-6-11(2)15(14,3)4/h6,10,12,14H,5,7-9H2,1-4H3/t12-,14?/m1/s1. The summed E-state index contributed by atoms with van der Waals surface area (Å²) in [7, 11) is 0. The van der Waals surface area contributed by atoms with E-state index in [1.165, 1.54) is 5.57 Å². The zero-order valence-corrected chi connectivity index (χ0v) is 11.5. The van der Waals surface area contributed by atoms with Gasteiger partial charge < -0.3 is 4.79 Å². The maximum atomic E-state index is 11.3. The quantitative estimate of drug-likeness (QED) is 0.522. The van der Waals surface area contributed by atoms with Crippen LogP contribution >= 0.6 is 0 Å². The molecule has 1 aliphatic carbocycles. The van der Waals surface area contributed by atoms with E-state index in [1.807, 2.05) is 6.92 Å². The summed E-state index contributed by atoms with van der Waals surface area (Å²) in [6.45, 7) is 8.42. The summed E-state index contributed by atoms with van der Waals surface area (Å²) in [5.41, 5.74) is 1.47. The summed E-state index contributed by atoms with van der Waals surface area (Å²) in [6.07, 6.45) is 6.11. The molecule has 1 rings (SSSR count). The van der Waals surface area contributed by atoms with Gasteiger partial charge in [-0.3, -0.25) is 4.79 Å². The first-order valence-electron chi connectivity index (χ1n) is 6.57. The van der Waals surface area contributed by atoms with Crippen molar-refractivity contribution in [2.45, 2.75) is 53.4 Å². The molecule has 0 aromatic rings.